The van der Waals surface area contributed by atoms with Gasteiger partial charge in [0.2, 0.25) is 11.0 Å². The molecule has 2 aromatic carbocycles. The van der Waals surface area contributed by atoms with E-state index in [2.05, 4.69) is 35.3 Å². The van der Waals surface area contributed by atoms with Crippen molar-refractivity contribution in [2.75, 3.05) is 11.1 Å². The molecule has 1 N–H and O–H groups in total. The Kier molecular flexibility index (Phi) is 6.12. The lowest BCUT2D eigenvalue weighted by Gasteiger charge is -2.07. The monoisotopic (exact) mass is 468 g/mol. The predicted octanol–water partition coefficient (Wildman–Crippen LogP) is 4.60. The zero-order valence-corrected chi connectivity index (χ0v) is 19.8. The fourth-order valence-corrected chi connectivity index (χ4v) is 5.71. The molecule has 166 valence electrons. The lowest BCUT2D eigenvalue weighted by Crippen LogP contribution is -2.16. The maximum atomic E-state index is 12.5. The second-order valence-electron chi connectivity index (χ2n) is 7.77. The first-order valence-electron chi connectivity index (χ1n) is 10.3. The number of carbonyl (C=O) groups excluding carboxylic acids is 1. The molecular formula is C23H24N4O3S2. The van der Waals surface area contributed by atoms with Crippen molar-refractivity contribution in [1.29, 1.82) is 0 Å². The van der Waals surface area contributed by atoms with Gasteiger partial charge in [0.25, 0.3) is 0 Å². The van der Waals surface area contributed by atoms with Crippen molar-refractivity contribution >= 4 is 43.1 Å². The number of benzene rings is 2. The van der Waals surface area contributed by atoms with Gasteiger partial charge in [-0.15, -0.1) is 0 Å². The number of aryl methyl sites for hydroxylation is 3. The summed E-state index contributed by atoms with van der Waals surface area (Å²) < 4.78 is 27.5. The molecule has 0 fully saturated rings. The number of amides is 1. The lowest BCUT2D eigenvalue weighted by molar-refractivity contribution is -0.116. The molecule has 32 heavy (non-hydrogen) atoms. The first-order valence-corrected chi connectivity index (χ1v) is 12.7. The molecule has 0 atom stereocenters. The highest BCUT2D eigenvalue weighted by Gasteiger charge is 2.17. The number of anilines is 1. The van der Waals surface area contributed by atoms with Gasteiger partial charge in [-0.2, -0.15) is 9.78 Å². The zero-order valence-electron chi connectivity index (χ0n) is 18.1. The number of rotatable bonds is 7. The molecule has 0 spiro atoms. The number of nitrogens with one attached hydrogen (secondary N) is 1. The fraction of sp³-hybridized carbons (Fsp3) is 0.261. The summed E-state index contributed by atoms with van der Waals surface area (Å²) in [6, 6.07) is 14.2. The van der Waals surface area contributed by atoms with E-state index < -0.39 is 9.84 Å². The standard InChI is InChI=1S/C23H24N4O3S2/c1-15-12-19-20(13-16(15)2)31-23(24-19)27-21(14-17(3)26-27)25-22(28)10-7-11-32(29,30)18-8-5-4-6-9-18/h4-6,8-9,12-14H,7,10-11H2,1-3H3,(H,25,28). The maximum Gasteiger partial charge on any atom is 0.225 e. The van der Waals surface area contributed by atoms with Gasteiger partial charge in [-0.1, -0.05) is 29.5 Å². The summed E-state index contributed by atoms with van der Waals surface area (Å²) in [6.45, 7) is 5.96. The molecule has 0 radical (unpaired) electrons. The summed E-state index contributed by atoms with van der Waals surface area (Å²) in [4.78, 5) is 17.5. The number of fused-ring (bicyclic) bond motifs is 1. The second kappa shape index (κ2) is 8.84. The molecule has 0 saturated carbocycles. The highest BCUT2D eigenvalue weighted by Crippen LogP contribution is 2.29. The Morgan fingerprint density at radius 3 is 2.53 bits per heavy atom. The number of sulfone groups is 1. The van der Waals surface area contributed by atoms with Gasteiger partial charge in [0, 0.05) is 12.5 Å². The predicted molar refractivity (Wildman–Crippen MR) is 127 cm³/mol. The zero-order chi connectivity index (χ0) is 22.9. The topological polar surface area (TPSA) is 94.0 Å². The van der Waals surface area contributed by atoms with Crippen LogP contribution >= 0.6 is 11.3 Å². The van der Waals surface area contributed by atoms with Crippen LogP contribution in [0.1, 0.15) is 29.7 Å². The lowest BCUT2D eigenvalue weighted by atomic mass is 10.1. The Morgan fingerprint density at radius 2 is 1.78 bits per heavy atom. The third-order valence-corrected chi connectivity index (χ3v) is 8.00. The third kappa shape index (κ3) is 4.73. The van der Waals surface area contributed by atoms with Crippen LogP contribution in [-0.4, -0.2) is 34.8 Å². The SMILES string of the molecule is Cc1cc(NC(=O)CCCS(=O)(=O)c2ccccc2)n(-c2nc3cc(C)c(C)cc3s2)n1. The average molecular weight is 469 g/mol. The van der Waals surface area contributed by atoms with Crippen LogP contribution in [-0.2, 0) is 14.6 Å². The molecule has 0 aliphatic carbocycles. The van der Waals surface area contributed by atoms with Crippen molar-refractivity contribution < 1.29 is 13.2 Å². The number of hydrogen-bond acceptors (Lipinski definition) is 6. The molecule has 2 aromatic heterocycles. The highest BCUT2D eigenvalue weighted by molar-refractivity contribution is 7.91. The van der Waals surface area contributed by atoms with Crippen LogP contribution in [0.5, 0.6) is 0 Å². The van der Waals surface area contributed by atoms with Gasteiger partial charge in [0.15, 0.2) is 9.84 Å². The van der Waals surface area contributed by atoms with Crippen LogP contribution in [0.2, 0.25) is 0 Å². The summed E-state index contributed by atoms with van der Waals surface area (Å²) >= 11 is 1.51. The summed E-state index contributed by atoms with van der Waals surface area (Å²) in [6.07, 6.45) is 0.324. The molecule has 0 aliphatic heterocycles. The molecule has 0 unspecified atom stereocenters. The van der Waals surface area contributed by atoms with E-state index >= 15 is 0 Å². The third-order valence-electron chi connectivity index (χ3n) is 5.19. The van der Waals surface area contributed by atoms with Crippen molar-refractivity contribution in [3.63, 3.8) is 0 Å². The van der Waals surface area contributed by atoms with Crippen LogP contribution < -0.4 is 5.32 Å². The molecular weight excluding hydrogens is 444 g/mol. The second-order valence-corrected chi connectivity index (χ2v) is 10.9. The molecule has 4 rings (SSSR count). The molecule has 9 heteroatoms. The quantitative estimate of drug-likeness (QED) is 0.428. The maximum absolute atomic E-state index is 12.5. The number of hydrogen-bond donors (Lipinski definition) is 1. The Balaban J connectivity index is 1.46. The van der Waals surface area contributed by atoms with Gasteiger partial charge < -0.3 is 5.32 Å². The molecule has 2 heterocycles. The van der Waals surface area contributed by atoms with E-state index in [0.717, 1.165) is 15.9 Å². The highest BCUT2D eigenvalue weighted by atomic mass is 32.2. The Labute approximate surface area is 191 Å². The molecule has 0 bridgehead atoms. The summed E-state index contributed by atoms with van der Waals surface area (Å²) in [5, 5.41) is 8.01. The molecule has 1 amide bonds. The number of aromatic nitrogens is 3. The van der Waals surface area contributed by atoms with Gasteiger partial charge in [-0.25, -0.2) is 13.4 Å². The van der Waals surface area contributed by atoms with Crippen LogP contribution in [0.3, 0.4) is 0 Å². The van der Waals surface area contributed by atoms with Crippen molar-refractivity contribution in [3.8, 4) is 5.13 Å². The first kappa shape index (κ1) is 22.2. The minimum absolute atomic E-state index is 0.0840. The van der Waals surface area contributed by atoms with Crippen LogP contribution in [0.25, 0.3) is 15.3 Å². The average Bonchev–Trinajstić information content (AvgIpc) is 3.31. The Bertz CT molecular complexity index is 1350. The van der Waals surface area contributed by atoms with E-state index in [4.69, 9.17) is 0 Å². The van der Waals surface area contributed by atoms with Crippen molar-refractivity contribution in [3.05, 3.63) is 65.4 Å². The van der Waals surface area contributed by atoms with Gasteiger partial charge >= 0.3 is 0 Å². The van der Waals surface area contributed by atoms with E-state index in [-0.39, 0.29) is 29.4 Å². The Morgan fingerprint density at radius 1 is 1.06 bits per heavy atom. The smallest absolute Gasteiger partial charge is 0.225 e. The van der Waals surface area contributed by atoms with Crippen LogP contribution in [0.15, 0.2) is 53.4 Å². The minimum atomic E-state index is -3.40. The largest absolute Gasteiger partial charge is 0.311 e. The summed E-state index contributed by atoms with van der Waals surface area (Å²) in [5.74, 6) is 0.173. The van der Waals surface area contributed by atoms with Gasteiger partial charge in [-0.3, -0.25) is 4.79 Å². The summed E-state index contributed by atoms with van der Waals surface area (Å²) in [7, 11) is -3.40. The van der Waals surface area contributed by atoms with E-state index in [0.29, 0.717) is 10.9 Å². The fourth-order valence-electron chi connectivity index (χ4n) is 3.37. The molecule has 0 aliphatic rings. The minimum Gasteiger partial charge on any atom is -0.311 e. The van der Waals surface area contributed by atoms with Gasteiger partial charge in [-0.05, 0) is 62.6 Å². The van der Waals surface area contributed by atoms with E-state index in [1.165, 1.54) is 22.5 Å². The van der Waals surface area contributed by atoms with Crippen LogP contribution in [0.4, 0.5) is 5.82 Å². The number of nitrogens with zero attached hydrogens (tertiary/aromatic N) is 3. The van der Waals surface area contributed by atoms with Crippen LogP contribution in [0, 0.1) is 20.8 Å². The molecule has 0 saturated heterocycles. The van der Waals surface area contributed by atoms with Gasteiger partial charge in [0.05, 0.1) is 26.6 Å². The Hall–Kier alpha value is -3.04. The normalized spacial score (nSPS) is 11.7. The van der Waals surface area contributed by atoms with Crippen molar-refractivity contribution in [1.82, 2.24) is 14.8 Å². The number of carbonyl (C=O) groups is 1. The number of thiazole rings is 1. The molecule has 7 nitrogen and oxygen atoms in total. The van der Waals surface area contributed by atoms with E-state index in [1.54, 1.807) is 41.1 Å². The van der Waals surface area contributed by atoms with E-state index in [9.17, 15) is 13.2 Å². The summed E-state index contributed by atoms with van der Waals surface area (Å²) in [5.41, 5.74) is 4.01. The van der Waals surface area contributed by atoms with E-state index in [1.807, 2.05) is 13.0 Å². The van der Waals surface area contributed by atoms with Crippen molar-refractivity contribution in [2.24, 2.45) is 0 Å². The van der Waals surface area contributed by atoms with Crippen molar-refractivity contribution in [2.45, 2.75) is 38.5 Å². The molecule has 4 aromatic rings. The first-order chi connectivity index (χ1) is 15.2. The van der Waals surface area contributed by atoms with Gasteiger partial charge in [0.1, 0.15) is 5.82 Å².